The molecule has 20 heavy (non-hydrogen) atoms. The van der Waals surface area contributed by atoms with E-state index in [1.807, 2.05) is 6.92 Å². The average Bonchev–Trinajstić information content (AvgIpc) is 2.62. The summed E-state index contributed by atoms with van der Waals surface area (Å²) in [6, 6.07) is 5.33. The van der Waals surface area contributed by atoms with Crippen molar-refractivity contribution in [3.63, 3.8) is 0 Å². The second kappa shape index (κ2) is 5.21. The number of nitrogens with two attached hydrogens (primary N) is 1. The van der Waals surface area contributed by atoms with E-state index < -0.39 is 15.4 Å². The van der Waals surface area contributed by atoms with Gasteiger partial charge >= 0.3 is 0 Å². The summed E-state index contributed by atoms with van der Waals surface area (Å²) >= 11 is 5.03. The molecule has 1 aliphatic heterocycles. The highest BCUT2D eigenvalue weighted by Crippen LogP contribution is 2.31. The van der Waals surface area contributed by atoms with Crippen molar-refractivity contribution in [2.24, 2.45) is 5.73 Å². The van der Waals surface area contributed by atoms with Gasteiger partial charge in [0.1, 0.15) is 10.7 Å². The van der Waals surface area contributed by atoms with Crippen molar-refractivity contribution >= 4 is 32.7 Å². The van der Waals surface area contributed by atoms with Crippen LogP contribution in [-0.2, 0) is 9.84 Å². The number of ether oxygens (including phenoxy) is 1. The molecule has 3 N–H and O–H groups in total. The number of anilines is 1. The molecule has 1 fully saturated rings. The van der Waals surface area contributed by atoms with Crippen LogP contribution < -0.4 is 15.8 Å². The van der Waals surface area contributed by atoms with Crippen LogP contribution in [0, 0.1) is 0 Å². The standard InChI is InChI=1S/C13H18N2O3S2/c1-13(5-6-20(16,17)8-13)15-11-7-9(18-2)3-4-10(11)12(14)19/h3-4,7,15H,5-6,8H2,1-2H3,(H2,14,19). The summed E-state index contributed by atoms with van der Waals surface area (Å²) in [4.78, 5) is 0.264. The summed E-state index contributed by atoms with van der Waals surface area (Å²) in [6.45, 7) is 1.89. The number of nitrogens with one attached hydrogen (secondary N) is 1. The minimum Gasteiger partial charge on any atom is -0.497 e. The second-order valence-electron chi connectivity index (χ2n) is 5.30. The number of benzene rings is 1. The molecule has 0 bridgehead atoms. The molecule has 0 saturated carbocycles. The minimum absolute atomic E-state index is 0.105. The molecule has 0 amide bonds. The first-order valence-corrected chi connectivity index (χ1v) is 8.44. The van der Waals surface area contributed by atoms with Crippen molar-refractivity contribution in [3.8, 4) is 5.75 Å². The van der Waals surface area contributed by atoms with Crippen LogP contribution in [0.5, 0.6) is 5.75 Å². The van der Waals surface area contributed by atoms with Gasteiger partial charge in [-0.15, -0.1) is 0 Å². The fraction of sp³-hybridized carbons (Fsp3) is 0.462. The van der Waals surface area contributed by atoms with Crippen LogP contribution in [0.25, 0.3) is 0 Å². The molecule has 110 valence electrons. The summed E-state index contributed by atoms with van der Waals surface area (Å²) in [7, 11) is -1.41. The summed E-state index contributed by atoms with van der Waals surface area (Å²) in [5.74, 6) is 0.966. The number of thiocarbonyl (C=S) groups is 1. The molecule has 1 heterocycles. The Bertz CT molecular complexity index is 643. The number of rotatable bonds is 4. The number of methoxy groups -OCH3 is 1. The summed E-state index contributed by atoms with van der Waals surface area (Å²) < 4.78 is 28.5. The van der Waals surface area contributed by atoms with Crippen molar-refractivity contribution in [3.05, 3.63) is 23.8 Å². The van der Waals surface area contributed by atoms with Crippen molar-refractivity contribution in [1.82, 2.24) is 0 Å². The van der Waals surface area contributed by atoms with Crippen LogP contribution in [0.4, 0.5) is 5.69 Å². The lowest BCUT2D eigenvalue weighted by Gasteiger charge is -2.27. The SMILES string of the molecule is COc1ccc(C(N)=S)c(NC2(C)CCS(=O)(=O)C2)c1. The van der Waals surface area contributed by atoms with Crippen molar-refractivity contribution in [1.29, 1.82) is 0 Å². The smallest absolute Gasteiger partial charge is 0.152 e. The average molecular weight is 314 g/mol. The van der Waals surface area contributed by atoms with Gasteiger partial charge in [0.15, 0.2) is 9.84 Å². The van der Waals surface area contributed by atoms with Gasteiger partial charge in [-0.1, -0.05) is 12.2 Å². The molecular weight excluding hydrogens is 296 g/mol. The predicted molar refractivity (Wildman–Crippen MR) is 84.2 cm³/mol. The Morgan fingerprint density at radius 3 is 2.70 bits per heavy atom. The quantitative estimate of drug-likeness (QED) is 0.816. The predicted octanol–water partition coefficient (Wildman–Crippen LogP) is 1.32. The van der Waals surface area contributed by atoms with E-state index in [2.05, 4.69) is 5.32 Å². The second-order valence-corrected chi connectivity index (χ2v) is 7.93. The molecule has 1 unspecified atom stereocenters. The first-order valence-electron chi connectivity index (χ1n) is 6.21. The molecule has 1 atom stereocenters. The topological polar surface area (TPSA) is 81.4 Å². The highest BCUT2D eigenvalue weighted by molar-refractivity contribution is 7.91. The van der Waals surface area contributed by atoms with Gasteiger partial charge in [0.05, 0.1) is 18.6 Å². The Hall–Kier alpha value is -1.34. The Balaban J connectivity index is 2.35. The van der Waals surface area contributed by atoms with Crippen LogP contribution in [0.15, 0.2) is 18.2 Å². The lowest BCUT2D eigenvalue weighted by molar-refractivity contribution is 0.415. The summed E-state index contributed by atoms with van der Waals surface area (Å²) in [5.41, 5.74) is 6.59. The lowest BCUT2D eigenvalue weighted by atomic mass is 10.0. The molecule has 7 heteroatoms. The molecule has 0 aromatic heterocycles. The first-order chi connectivity index (χ1) is 9.25. The zero-order chi connectivity index (χ0) is 15.0. The van der Waals surface area contributed by atoms with Gasteiger partial charge in [-0.3, -0.25) is 0 Å². The van der Waals surface area contributed by atoms with E-state index in [4.69, 9.17) is 22.7 Å². The lowest BCUT2D eigenvalue weighted by Crippen LogP contribution is -2.36. The molecule has 0 aliphatic carbocycles. The zero-order valence-electron chi connectivity index (χ0n) is 11.5. The fourth-order valence-electron chi connectivity index (χ4n) is 2.40. The van der Waals surface area contributed by atoms with Crippen molar-refractivity contribution in [2.45, 2.75) is 18.9 Å². The van der Waals surface area contributed by atoms with Crippen LogP contribution in [0.1, 0.15) is 18.9 Å². The normalized spacial score (nSPS) is 24.3. The van der Waals surface area contributed by atoms with E-state index in [0.29, 0.717) is 23.4 Å². The number of hydrogen-bond acceptors (Lipinski definition) is 5. The maximum Gasteiger partial charge on any atom is 0.152 e. The minimum atomic E-state index is -2.98. The largest absolute Gasteiger partial charge is 0.497 e. The van der Waals surface area contributed by atoms with Gasteiger partial charge in [-0.2, -0.15) is 0 Å². The third kappa shape index (κ3) is 3.21. The van der Waals surface area contributed by atoms with E-state index >= 15 is 0 Å². The molecule has 1 aliphatic rings. The highest BCUT2D eigenvalue weighted by atomic mass is 32.2. The van der Waals surface area contributed by atoms with Gasteiger partial charge in [0.2, 0.25) is 0 Å². The van der Waals surface area contributed by atoms with Gasteiger partial charge in [0.25, 0.3) is 0 Å². The van der Waals surface area contributed by atoms with Gasteiger partial charge in [-0.25, -0.2) is 8.42 Å². The van der Waals surface area contributed by atoms with Crippen LogP contribution in [0.2, 0.25) is 0 Å². The van der Waals surface area contributed by atoms with Crippen molar-refractivity contribution < 1.29 is 13.2 Å². The maximum atomic E-state index is 11.7. The molecule has 2 rings (SSSR count). The number of hydrogen-bond donors (Lipinski definition) is 2. The third-order valence-electron chi connectivity index (χ3n) is 3.43. The molecule has 0 spiro atoms. The van der Waals surface area contributed by atoms with Gasteiger partial charge < -0.3 is 15.8 Å². The first kappa shape index (κ1) is 15.1. The van der Waals surface area contributed by atoms with Crippen LogP contribution in [0.3, 0.4) is 0 Å². The molecular formula is C13H18N2O3S2. The van der Waals surface area contributed by atoms with Crippen molar-refractivity contribution in [2.75, 3.05) is 23.9 Å². The summed E-state index contributed by atoms with van der Waals surface area (Å²) in [6.07, 6.45) is 0.559. The van der Waals surface area contributed by atoms with Gasteiger partial charge in [0, 0.05) is 22.9 Å². The Labute approximate surface area is 124 Å². The summed E-state index contributed by atoms with van der Waals surface area (Å²) in [5, 5.41) is 3.27. The highest BCUT2D eigenvalue weighted by Gasteiger charge is 2.38. The van der Waals surface area contributed by atoms with E-state index in [1.54, 1.807) is 25.3 Å². The van der Waals surface area contributed by atoms with Crippen LogP contribution in [-0.4, -0.2) is 37.6 Å². The fourth-order valence-corrected chi connectivity index (χ4v) is 4.67. The van der Waals surface area contributed by atoms with E-state index in [9.17, 15) is 8.42 Å². The molecule has 1 saturated heterocycles. The molecule has 1 aromatic carbocycles. The van der Waals surface area contributed by atoms with E-state index in [-0.39, 0.29) is 16.5 Å². The molecule has 1 aromatic rings. The van der Waals surface area contributed by atoms with Crippen LogP contribution >= 0.6 is 12.2 Å². The monoisotopic (exact) mass is 314 g/mol. The van der Waals surface area contributed by atoms with E-state index in [0.717, 1.165) is 0 Å². The third-order valence-corrected chi connectivity index (χ3v) is 5.55. The Morgan fingerprint density at radius 1 is 1.50 bits per heavy atom. The zero-order valence-corrected chi connectivity index (χ0v) is 13.1. The maximum absolute atomic E-state index is 11.7. The van der Waals surface area contributed by atoms with E-state index in [1.165, 1.54) is 0 Å². The number of sulfone groups is 1. The molecule has 5 nitrogen and oxygen atoms in total. The Morgan fingerprint density at radius 2 is 2.20 bits per heavy atom. The van der Waals surface area contributed by atoms with Gasteiger partial charge in [-0.05, 0) is 25.5 Å². The Kier molecular flexibility index (Phi) is 3.93. The molecule has 0 radical (unpaired) electrons.